The van der Waals surface area contributed by atoms with Crippen LogP contribution >= 0.6 is 0 Å². The summed E-state index contributed by atoms with van der Waals surface area (Å²) in [6.07, 6.45) is -2.10. The predicted octanol–water partition coefficient (Wildman–Crippen LogP) is 4.95. The number of nitrogens with one attached hydrogen (secondary N) is 2. The molecule has 1 aliphatic carbocycles. The van der Waals surface area contributed by atoms with Crippen molar-refractivity contribution < 1.29 is 30.7 Å². The Bertz CT molecular complexity index is 1700. The fourth-order valence-electron chi connectivity index (χ4n) is 6.05. The highest BCUT2D eigenvalue weighted by Crippen LogP contribution is 2.59. The molecule has 224 valence electrons. The maximum absolute atomic E-state index is 14.7. The molecule has 1 spiro atoms. The van der Waals surface area contributed by atoms with Crippen LogP contribution in [0.3, 0.4) is 0 Å². The lowest BCUT2D eigenvalue weighted by molar-refractivity contribution is -0.140. The lowest BCUT2D eigenvalue weighted by Crippen LogP contribution is -2.46. The number of aromatic nitrogens is 1. The zero-order valence-electron chi connectivity index (χ0n) is 23.3. The summed E-state index contributed by atoms with van der Waals surface area (Å²) in [5, 5.41) is 6.92. The minimum atomic E-state index is -4.47. The summed E-state index contributed by atoms with van der Waals surface area (Å²) >= 11 is 0. The lowest BCUT2D eigenvalue weighted by atomic mass is 9.98. The fourth-order valence-corrected chi connectivity index (χ4v) is 7.04. The smallest absolute Gasteiger partial charge is 0.406 e. The summed E-state index contributed by atoms with van der Waals surface area (Å²) in [4.78, 5) is 2.18. The number of sulfone groups is 1. The number of anilines is 2. The van der Waals surface area contributed by atoms with E-state index >= 15 is 0 Å². The summed E-state index contributed by atoms with van der Waals surface area (Å²) < 4.78 is 87.4. The number of alkyl halides is 4. The molecule has 0 bridgehead atoms. The quantitative estimate of drug-likeness (QED) is 0.307. The molecule has 6 rings (SSSR count). The van der Waals surface area contributed by atoms with Crippen molar-refractivity contribution in [3.63, 3.8) is 0 Å². The van der Waals surface area contributed by atoms with Crippen LogP contribution in [-0.4, -0.2) is 75.8 Å². The molecule has 1 saturated heterocycles. The zero-order chi connectivity index (χ0) is 29.9. The summed E-state index contributed by atoms with van der Waals surface area (Å²) in [7, 11) is -1.59. The van der Waals surface area contributed by atoms with Gasteiger partial charge in [0.15, 0.2) is 9.84 Å². The van der Waals surface area contributed by atoms with Gasteiger partial charge in [0.25, 0.3) is 0 Å². The van der Waals surface area contributed by atoms with Crippen molar-refractivity contribution in [1.82, 2.24) is 9.47 Å². The average molecular weight is 605 g/mol. The molecule has 0 amide bonds. The Morgan fingerprint density at radius 2 is 1.95 bits per heavy atom. The van der Waals surface area contributed by atoms with Crippen molar-refractivity contribution in [1.29, 1.82) is 0 Å². The van der Waals surface area contributed by atoms with Crippen molar-refractivity contribution in [3.05, 3.63) is 47.7 Å². The molecule has 7 nitrogen and oxygen atoms in total. The van der Waals surface area contributed by atoms with Crippen molar-refractivity contribution in [2.45, 2.75) is 54.5 Å². The van der Waals surface area contributed by atoms with E-state index in [1.54, 1.807) is 36.4 Å². The third-order valence-corrected chi connectivity index (χ3v) is 9.49. The van der Waals surface area contributed by atoms with Crippen LogP contribution in [0, 0.1) is 11.8 Å². The molecular weight excluding hydrogens is 572 g/mol. The van der Waals surface area contributed by atoms with Crippen LogP contribution in [0.1, 0.15) is 30.5 Å². The molecule has 2 aliphatic heterocycles. The van der Waals surface area contributed by atoms with Crippen LogP contribution in [-0.2, 0) is 21.8 Å². The highest BCUT2D eigenvalue weighted by Gasteiger charge is 2.53. The molecule has 42 heavy (non-hydrogen) atoms. The van der Waals surface area contributed by atoms with Gasteiger partial charge in [-0.05, 0) is 62.6 Å². The number of ether oxygens (including phenoxy) is 1. The normalized spacial score (nSPS) is 21.5. The van der Waals surface area contributed by atoms with E-state index in [1.165, 1.54) is 6.26 Å². The zero-order valence-corrected chi connectivity index (χ0v) is 24.1. The molecule has 0 unspecified atom stereocenters. The van der Waals surface area contributed by atoms with E-state index in [4.69, 9.17) is 4.74 Å². The van der Waals surface area contributed by atoms with Crippen LogP contribution in [0.2, 0.25) is 0 Å². The molecule has 12 heteroatoms. The Hall–Kier alpha value is -3.43. The number of benzene rings is 2. The van der Waals surface area contributed by atoms with Crippen LogP contribution in [0.15, 0.2) is 41.3 Å². The first-order chi connectivity index (χ1) is 19.8. The predicted molar refractivity (Wildman–Crippen MR) is 154 cm³/mol. The van der Waals surface area contributed by atoms with Gasteiger partial charge in [-0.15, -0.1) is 0 Å². The lowest BCUT2D eigenvalue weighted by Gasteiger charge is -2.33. The van der Waals surface area contributed by atoms with Gasteiger partial charge in [-0.1, -0.05) is 12.0 Å². The monoisotopic (exact) mass is 604 g/mol. The topological polar surface area (TPSA) is 75.6 Å². The van der Waals surface area contributed by atoms with Crippen molar-refractivity contribution in [3.8, 4) is 17.6 Å². The largest absolute Gasteiger partial charge is 0.490 e. The van der Waals surface area contributed by atoms with Crippen LogP contribution in [0.4, 0.5) is 28.9 Å². The molecule has 1 saturated carbocycles. The third kappa shape index (κ3) is 5.52. The summed E-state index contributed by atoms with van der Waals surface area (Å²) in [6, 6.07) is 9.39. The van der Waals surface area contributed by atoms with E-state index in [-0.39, 0.29) is 22.5 Å². The minimum Gasteiger partial charge on any atom is -0.490 e. The average Bonchev–Trinajstić information content (AvgIpc) is 3.48. The Kier molecular flexibility index (Phi) is 7.09. The minimum absolute atomic E-state index is 0.0960. The second kappa shape index (κ2) is 10.4. The van der Waals surface area contributed by atoms with Crippen molar-refractivity contribution in [2.24, 2.45) is 0 Å². The van der Waals surface area contributed by atoms with Gasteiger partial charge >= 0.3 is 6.18 Å². The maximum Gasteiger partial charge on any atom is 0.406 e. The van der Waals surface area contributed by atoms with E-state index in [1.807, 2.05) is 11.9 Å². The van der Waals surface area contributed by atoms with Gasteiger partial charge in [0.2, 0.25) is 0 Å². The molecule has 3 aliphatic rings. The number of nitrogens with zero attached hydrogens (tertiary/aromatic N) is 2. The number of hydrogen-bond acceptors (Lipinski definition) is 6. The Morgan fingerprint density at radius 1 is 1.17 bits per heavy atom. The Balaban J connectivity index is 1.28. The van der Waals surface area contributed by atoms with Gasteiger partial charge < -0.3 is 24.8 Å². The molecule has 1 aromatic heterocycles. The summed E-state index contributed by atoms with van der Waals surface area (Å²) in [5.74, 6) is 6.29. The van der Waals surface area contributed by atoms with Gasteiger partial charge in [-0.3, -0.25) is 0 Å². The van der Waals surface area contributed by atoms with E-state index < -0.39 is 34.8 Å². The third-order valence-electron chi connectivity index (χ3n) is 8.35. The molecule has 2 atom stereocenters. The van der Waals surface area contributed by atoms with Crippen molar-refractivity contribution in [2.75, 3.05) is 50.2 Å². The van der Waals surface area contributed by atoms with Gasteiger partial charge in [0.05, 0.1) is 41.0 Å². The number of halogens is 4. The fraction of sp³-hybridized carbons (Fsp3) is 0.467. The molecule has 2 aromatic carbocycles. The molecule has 2 fully saturated rings. The molecule has 3 heterocycles. The first kappa shape index (κ1) is 28.7. The highest BCUT2D eigenvalue weighted by atomic mass is 32.2. The van der Waals surface area contributed by atoms with Gasteiger partial charge in [-0.25, -0.2) is 12.8 Å². The first-order valence-electron chi connectivity index (χ1n) is 13.9. The van der Waals surface area contributed by atoms with E-state index in [0.29, 0.717) is 53.2 Å². The van der Waals surface area contributed by atoms with Crippen LogP contribution < -0.4 is 15.4 Å². The first-order valence-corrected chi connectivity index (χ1v) is 15.8. The molecule has 0 radical (unpaired) electrons. The van der Waals surface area contributed by atoms with Gasteiger partial charge in [0.1, 0.15) is 18.5 Å². The second-order valence-corrected chi connectivity index (χ2v) is 13.6. The standard InChI is InChI=1S/C30H32F4N4O3S/c1-37-14-10-23(21(31)16-37)36-22-6-3-7-25-20(22)15-19(38(25)17-30(32,33)34)5-4-13-35-24-8-9-26(42(2,39)40)27-28(24)41-18-29(27)11-12-29/h3,6-9,15,21,23,35-36H,10-14,16-18H2,1-2H3/t21-,23+/m0/s1. The maximum atomic E-state index is 14.7. The summed E-state index contributed by atoms with van der Waals surface area (Å²) in [6.45, 7) is 0.314. The van der Waals surface area contributed by atoms with E-state index in [9.17, 15) is 26.0 Å². The van der Waals surface area contributed by atoms with E-state index in [2.05, 4.69) is 22.5 Å². The van der Waals surface area contributed by atoms with Crippen LogP contribution in [0.5, 0.6) is 5.75 Å². The Labute approximate surface area is 242 Å². The highest BCUT2D eigenvalue weighted by molar-refractivity contribution is 7.90. The van der Waals surface area contributed by atoms with Gasteiger partial charge in [-0.2, -0.15) is 13.2 Å². The number of piperidine rings is 1. The second-order valence-electron chi connectivity index (χ2n) is 11.6. The van der Waals surface area contributed by atoms with Gasteiger partial charge in [0, 0.05) is 41.4 Å². The number of rotatable bonds is 6. The summed E-state index contributed by atoms with van der Waals surface area (Å²) in [5.41, 5.74) is 2.14. The van der Waals surface area contributed by atoms with E-state index in [0.717, 1.165) is 24.0 Å². The molecule has 2 N–H and O–H groups in total. The molecule has 3 aromatic rings. The Morgan fingerprint density at radius 3 is 2.64 bits per heavy atom. The van der Waals surface area contributed by atoms with Crippen LogP contribution in [0.25, 0.3) is 10.9 Å². The molecular formula is C30H32F4N4O3S. The SMILES string of the molecule is CN1CC[C@@H](Nc2cccc3c2cc(C#CCNc2ccc(S(C)(=O)=O)c4c2OCC42CC2)n3CC(F)(F)F)[C@@H](F)C1. The number of hydrogen-bond donors (Lipinski definition) is 2. The number of fused-ring (bicyclic) bond motifs is 3. The van der Waals surface area contributed by atoms with Crippen molar-refractivity contribution >= 4 is 32.1 Å². The number of likely N-dealkylation sites (tertiary alicyclic amines) is 1.